The zero-order valence-corrected chi connectivity index (χ0v) is 8.67. The van der Waals surface area contributed by atoms with Gasteiger partial charge in [-0.2, -0.15) is 0 Å². The summed E-state index contributed by atoms with van der Waals surface area (Å²) < 4.78 is 0. The van der Waals surface area contributed by atoms with Crippen LogP contribution in [0.25, 0.3) is 0 Å². The molecule has 0 heterocycles. The Bertz CT molecular complexity index is 270. The molecule has 0 saturated carbocycles. The van der Waals surface area contributed by atoms with Crippen molar-refractivity contribution in [3.8, 4) is 0 Å². The summed E-state index contributed by atoms with van der Waals surface area (Å²) in [5.74, 6) is 0. The van der Waals surface area contributed by atoms with E-state index in [1.54, 1.807) is 19.3 Å². The molecule has 6 N–H and O–H groups in total. The SMILES string of the molecule is C=CNC=C(N)/C(N/C=C/C)=C(/C)N. The minimum absolute atomic E-state index is 0.531. The Morgan fingerprint density at radius 2 is 2.00 bits per heavy atom. The summed E-state index contributed by atoms with van der Waals surface area (Å²) in [5.41, 5.74) is 13.3. The number of nitrogens with one attached hydrogen (secondary N) is 2. The zero-order chi connectivity index (χ0) is 11.0. The first-order valence-electron chi connectivity index (χ1n) is 4.30. The summed E-state index contributed by atoms with van der Waals surface area (Å²) in [6.45, 7) is 7.19. The minimum Gasteiger partial charge on any atom is -0.401 e. The van der Waals surface area contributed by atoms with Gasteiger partial charge in [0.05, 0.1) is 11.4 Å². The summed E-state index contributed by atoms with van der Waals surface area (Å²) in [4.78, 5) is 0. The lowest BCUT2D eigenvalue weighted by Gasteiger charge is -2.09. The van der Waals surface area contributed by atoms with Crippen molar-refractivity contribution in [3.63, 3.8) is 0 Å². The third-order valence-corrected chi connectivity index (χ3v) is 1.43. The molecule has 14 heavy (non-hydrogen) atoms. The Morgan fingerprint density at radius 3 is 2.43 bits per heavy atom. The van der Waals surface area contributed by atoms with Gasteiger partial charge in [-0.25, -0.2) is 0 Å². The van der Waals surface area contributed by atoms with Crippen LogP contribution in [0.1, 0.15) is 13.8 Å². The van der Waals surface area contributed by atoms with Gasteiger partial charge in [-0.15, -0.1) is 0 Å². The van der Waals surface area contributed by atoms with Crippen LogP contribution < -0.4 is 22.1 Å². The molecule has 0 aliphatic rings. The maximum Gasteiger partial charge on any atom is 0.0816 e. The first-order valence-corrected chi connectivity index (χ1v) is 4.30. The lowest BCUT2D eigenvalue weighted by molar-refractivity contribution is 0.982. The van der Waals surface area contributed by atoms with Crippen LogP contribution >= 0.6 is 0 Å². The highest BCUT2D eigenvalue weighted by atomic mass is 14.9. The minimum atomic E-state index is 0.531. The molecule has 0 rings (SSSR count). The van der Waals surface area contributed by atoms with Crippen molar-refractivity contribution < 1.29 is 0 Å². The highest BCUT2D eigenvalue weighted by molar-refractivity contribution is 5.30. The summed E-state index contributed by atoms with van der Waals surface area (Å²) in [6, 6.07) is 0. The molecule has 0 aliphatic heterocycles. The van der Waals surface area contributed by atoms with Crippen molar-refractivity contribution in [3.05, 3.63) is 48.3 Å². The molecule has 0 fully saturated rings. The number of allylic oxidation sites excluding steroid dienone is 2. The lowest BCUT2D eigenvalue weighted by atomic mass is 10.3. The van der Waals surface area contributed by atoms with Crippen LogP contribution in [0.15, 0.2) is 48.3 Å². The van der Waals surface area contributed by atoms with Crippen molar-refractivity contribution in [1.82, 2.24) is 10.6 Å². The van der Waals surface area contributed by atoms with E-state index >= 15 is 0 Å². The predicted octanol–water partition coefficient (Wildman–Crippen LogP) is 0.833. The van der Waals surface area contributed by atoms with Crippen LogP contribution in [0.3, 0.4) is 0 Å². The Morgan fingerprint density at radius 1 is 1.36 bits per heavy atom. The Hall–Kier alpha value is -1.84. The normalized spacial score (nSPS) is 13.7. The molecule has 0 unspecified atom stereocenters. The number of nitrogens with two attached hydrogens (primary N) is 2. The second-order valence-corrected chi connectivity index (χ2v) is 2.67. The third kappa shape index (κ3) is 4.25. The standard InChI is InChI=1S/C10H18N4/c1-4-6-14-10(8(3)11)9(12)7-13-5-2/h4-7,13-14H,2,11-12H2,1,3H3/b6-4+,9-7?,10-8+. The van der Waals surface area contributed by atoms with Crippen molar-refractivity contribution in [2.24, 2.45) is 11.5 Å². The molecule has 0 spiro atoms. The predicted molar refractivity (Wildman–Crippen MR) is 60.4 cm³/mol. The molecule has 78 valence electrons. The summed E-state index contributed by atoms with van der Waals surface area (Å²) in [5, 5.41) is 5.77. The summed E-state index contributed by atoms with van der Waals surface area (Å²) in [7, 11) is 0. The van der Waals surface area contributed by atoms with Crippen LogP contribution in [0.5, 0.6) is 0 Å². The average Bonchev–Trinajstić information content (AvgIpc) is 2.14. The van der Waals surface area contributed by atoms with E-state index in [4.69, 9.17) is 11.5 Å². The van der Waals surface area contributed by atoms with Gasteiger partial charge in [-0.3, -0.25) is 0 Å². The van der Waals surface area contributed by atoms with Crippen molar-refractivity contribution in [2.75, 3.05) is 0 Å². The van der Waals surface area contributed by atoms with Gasteiger partial charge in [0.15, 0.2) is 0 Å². The largest absolute Gasteiger partial charge is 0.401 e. The number of hydrogen-bond donors (Lipinski definition) is 4. The van der Waals surface area contributed by atoms with E-state index in [9.17, 15) is 0 Å². The quantitative estimate of drug-likeness (QED) is 0.489. The lowest BCUT2D eigenvalue weighted by Crippen LogP contribution is -2.19. The molecule has 0 amide bonds. The Labute approximate surface area is 85.0 Å². The second kappa shape index (κ2) is 6.65. The van der Waals surface area contributed by atoms with E-state index in [0.717, 1.165) is 0 Å². The highest BCUT2D eigenvalue weighted by Crippen LogP contribution is 2.02. The number of rotatable bonds is 5. The van der Waals surface area contributed by atoms with Gasteiger partial charge < -0.3 is 22.1 Å². The molecular weight excluding hydrogens is 176 g/mol. The first kappa shape index (κ1) is 12.2. The molecule has 0 bridgehead atoms. The number of hydrogen-bond acceptors (Lipinski definition) is 4. The highest BCUT2D eigenvalue weighted by Gasteiger charge is 2.00. The maximum absolute atomic E-state index is 5.76. The molecule has 0 aromatic rings. The van der Waals surface area contributed by atoms with E-state index in [2.05, 4.69) is 17.2 Å². The van der Waals surface area contributed by atoms with Gasteiger partial charge in [0.2, 0.25) is 0 Å². The van der Waals surface area contributed by atoms with E-state index < -0.39 is 0 Å². The molecule has 0 radical (unpaired) electrons. The van der Waals surface area contributed by atoms with Crippen LogP contribution in [0, 0.1) is 0 Å². The maximum atomic E-state index is 5.76. The third-order valence-electron chi connectivity index (χ3n) is 1.43. The van der Waals surface area contributed by atoms with E-state index in [1.165, 1.54) is 6.20 Å². The van der Waals surface area contributed by atoms with Gasteiger partial charge in [-0.1, -0.05) is 12.7 Å². The molecule has 0 saturated heterocycles. The summed E-state index contributed by atoms with van der Waals surface area (Å²) in [6.07, 6.45) is 6.78. The fraction of sp³-hybridized carbons (Fsp3) is 0.200. The smallest absolute Gasteiger partial charge is 0.0816 e. The van der Waals surface area contributed by atoms with Crippen molar-refractivity contribution in [2.45, 2.75) is 13.8 Å². The van der Waals surface area contributed by atoms with Gasteiger partial charge >= 0.3 is 0 Å². The van der Waals surface area contributed by atoms with E-state index in [-0.39, 0.29) is 0 Å². The monoisotopic (exact) mass is 194 g/mol. The van der Waals surface area contributed by atoms with E-state index in [1.807, 2.05) is 13.0 Å². The van der Waals surface area contributed by atoms with Gasteiger partial charge in [0.1, 0.15) is 0 Å². The Kier molecular flexibility index (Phi) is 5.78. The fourth-order valence-electron chi connectivity index (χ4n) is 0.812. The summed E-state index contributed by atoms with van der Waals surface area (Å²) >= 11 is 0. The molecule has 0 atom stereocenters. The van der Waals surface area contributed by atoms with Gasteiger partial charge in [0, 0.05) is 11.9 Å². The molecule has 4 nitrogen and oxygen atoms in total. The van der Waals surface area contributed by atoms with Crippen molar-refractivity contribution >= 4 is 0 Å². The molecule has 0 aliphatic carbocycles. The van der Waals surface area contributed by atoms with Crippen LogP contribution in [-0.2, 0) is 0 Å². The van der Waals surface area contributed by atoms with Crippen molar-refractivity contribution in [1.29, 1.82) is 0 Å². The van der Waals surface area contributed by atoms with Crippen LogP contribution in [0.2, 0.25) is 0 Å². The molecule has 0 aromatic carbocycles. The average molecular weight is 194 g/mol. The Balaban J connectivity index is 4.67. The zero-order valence-electron chi connectivity index (χ0n) is 8.67. The van der Waals surface area contributed by atoms with Gasteiger partial charge in [0.25, 0.3) is 0 Å². The molecule has 0 aromatic heterocycles. The van der Waals surface area contributed by atoms with Crippen LogP contribution in [-0.4, -0.2) is 0 Å². The topological polar surface area (TPSA) is 76.1 Å². The first-order chi connectivity index (χ1) is 6.63. The second-order valence-electron chi connectivity index (χ2n) is 2.67. The van der Waals surface area contributed by atoms with Gasteiger partial charge in [-0.05, 0) is 26.2 Å². The fourth-order valence-corrected chi connectivity index (χ4v) is 0.812. The molecule has 4 heteroatoms. The van der Waals surface area contributed by atoms with E-state index in [0.29, 0.717) is 17.1 Å². The molecular formula is C10H18N4. The van der Waals surface area contributed by atoms with Crippen LogP contribution in [0.4, 0.5) is 0 Å².